The molecule has 20 heavy (non-hydrogen) atoms. The van der Waals surface area contributed by atoms with E-state index in [1.165, 1.54) is 39.2 Å². The average Bonchev–Trinajstić information content (AvgIpc) is 2.48. The van der Waals surface area contributed by atoms with E-state index in [2.05, 4.69) is 5.32 Å². The Balaban J connectivity index is 2.04. The molecule has 0 unspecified atom stereocenters. The number of rotatable bonds is 4. The van der Waals surface area contributed by atoms with Crippen molar-refractivity contribution < 1.29 is 9.53 Å². The fourth-order valence-corrected chi connectivity index (χ4v) is 2.85. The highest BCUT2D eigenvalue weighted by Crippen LogP contribution is 2.27. The van der Waals surface area contributed by atoms with E-state index in [1.54, 1.807) is 6.07 Å². The number of carbonyl (C=O) groups is 1. The normalized spacial score (nSPS) is 15.9. The molecule has 1 fully saturated rings. The molecule has 1 saturated carbocycles. The van der Waals surface area contributed by atoms with Crippen LogP contribution in [0.15, 0.2) is 12.1 Å². The molecule has 1 aromatic rings. The lowest BCUT2D eigenvalue weighted by atomic mass is 9.89. The molecule has 4 heteroatoms. The van der Waals surface area contributed by atoms with Crippen LogP contribution in [0.25, 0.3) is 0 Å². The van der Waals surface area contributed by atoms with Crippen LogP contribution in [0.4, 0.5) is 11.4 Å². The smallest absolute Gasteiger partial charge is 0.338 e. The number of carbonyl (C=O) groups excluding carboxylic acids is 1. The summed E-state index contributed by atoms with van der Waals surface area (Å²) in [5.41, 5.74) is 8.97. The maximum absolute atomic E-state index is 11.6. The van der Waals surface area contributed by atoms with Gasteiger partial charge >= 0.3 is 5.97 Å². The zero-order chi connectivity index (χ0) is 14.5. The van der Waals surface area contributed by atoms with Gasteiger partial charge in [0.05, 0.1) is 24.0 Å². The standard InChI is InChI=1S/C16H24N2O2/c1-11-8-15(14(17)9-13(11)16(19)20-2)18-10-12-6-4-3-5-7-12/h8-9,12,18H,3-7,10,17H2,1-2H3. The van der Waals surface area contributed by atoms with E-state index in [0.29, 0.717) is 11.3 Å². The summed E-state index contributed by atoms with van der Waals surface area (Å²) in [5.74, 6) is 0.400. The molecule has 1 aromatic carbocycles. The molecule has 0 spiro atoms. The summed E-state index contributed by atoms with van der Waals surface area (Å²) < 4.78 is 4.75. The van der Waals surface area contributed by atoms with Crippen LogP contribution < -0.4 is 11.1 Å². The lowest BCUT2D eigenvalue weighted by Crippen LogP contribution is -2.18. The first-order valence-electron chi connectivity index (χ1n) is 7.34. The molecule has 3 N–H and O–H groups in total. The summed E-state index contributed by atoms with van der Waals surface area (Å²) in [7, 11) is 1.38. The second-order valence-electron chi connectivity index (χ2n) is 5.63. The van der Waals surface area contributed by atoms with Gasteiger partial charge in [0, 0.05) is 6.54 Å². The maximum Gasteiger partial charge on any atom is 0.338 e. The van der Waals surface area contributed by atoms with Gasteiger partial charge in [0.25, 0.3) is 0 Å². The zero-order valence-electron chi connectivity index (χ0n) is 12.4. The monoisotopic (exact) mass is 276 g/mol. The SMILES string of the molecule is COC(=O)c1cc(N)c(NCC2CCCCC2)cc1C. The Kier molecular flexibility index (Phi) is 4.88. The number of nitrogens with one attached hydrogen (secondary N) is 1. The van der Waals surface area contributed by atoms with Gasteiger partial charge in [-0.15, -0.1) is 0 Å². The van der Waals surface area contributed by atoms with Crippen molar-refractivity contribution in [3.8, 4) is 0 Å². The van der Waals surface area contributed by atoms with Crippen molar-refractivity contribution in [2.24, 2.45) is 5.92 Å². The summed E-state index contributed by atoms with van der Waals surface area (Å²) in [6.45, 7) is 2.86. The molecule has 2 rings (SSSR count). The fourth-order valence-electron chi connectivity index (χ4n) is 2.85. The average molecular weight is 276 g/mol. The lowest BCUT2D eigenvalue weighted by molar-refractivity contribution is 0.0600. The number of nitrogens with two attached hydrogens (primary N) is 1. The molecule has 1 aliphatic rings. The van der Waals surface area contributed by atoms with Crippen molar-refractivity contribution in [1.82, 2.24) is 0 Å². The third kappa shape index (κ3) is 3.44. The zero-order valence-corrected chi connectivity index (χ0v) is 12.4. The van der Waals surface area contributed by atoms with Crippen LogP contribution in [0.3, 0.4) is 0 Å². The van der Waals surface area contributed by atoms with Gasteiger partial charge in [-0.3, -0.25) is 0 Å². The Labute approximate surface area is 120 Å². The maximum atomic E-state index is 11.6. The fraction of sp³-hybridized carbons (Fsp3) is 0.562. The molecule has 0 aromatic heterocycles. The third-order valence-electron chi connectivity index (χ3n) is 4.11. The van der Waals surface area contributed by atoms with Gasteiger partial charge in [-0.1, -0.05) is 19.3 Å². The van der Waals surface area contributed by atoms with Crippen molar-refractivity contribution in [1.29, 1.82) is 0 Å². The van der Waals surface area contributed by atoms with Crippen molar-refractivity contribution in [2.45, 2.75) is 39.0 Å². The van der Waals surface area contributed by atoms with Crippen LogP contribution in [-0.4, -0.2) is 19.6 Å². The Hall–Kier alpha value is -1.71. The number of anilines is 2. The van der Waals surface area contributed by atoms with E-state index in [9.17, 15) is 4.79 Å². The first-order valence-corrected chi connectivity index (χ1v) is 7.34. The molecule has 110 valence electrons. The predicted octanol–water partition coefficient (Wildman–Crippen LogP) is 3.36. The van der Waals surface area contributed by atoms with Gasteiger partial charge in [-0.05, 0) is 43.4 Å². The Bertz CT molecular complexity index is 480. The van der Waals surface area contributed by atoms with Gasteiger partial charge < -0.3 is 15.8 Å². The van der Waals surface area contributed by atoms with Crippen LogP contribution >= 0.6 is 0 Å². The Morgan fingerprint density at radius 2 is 2.05 bits per heavy atom. The lowest BCUT2D eigenvalue weighted by Gasteiger charge is -2.23. The molecule has 0 bridgehead atoms. The second-order valence-corrected chi connectivity index (χ2v) is 5.63. The highest BCUT2D eigenvalue weighted by atomic mass is 16.5. The van der Waals surface area contributed by atoms with E-state index in [-0.39, 0.29) is 5.97 Å². The van der Waals surface area contributed by atoms with Crippen LogP contribution in [0.5, 0.6) is 0 Å². The minimum atomic E-state index is -0.340. The molecule has 1 aliphatic carbocycles. The molecule has 0 aliphatic heterocycles. The predicted molar refractivity (Wildman–Crippen MR) is 82.0 cm³/mol. The minimum absolute atomic E-state index is 0.340. The Morgan fingerprint density at radius 1 is 1.35 bits per heavy atom. The van der Waals surface area contributed by atoms with Crippen LogP contribution in [-0.2, 0) is 4.74 Å². The molecule has 0 heterocycles. The number of hydrogen-bond acceptors (Lipinski definition) is 4. The van der Waals surface area contributed by atoms with E-state index in [1.807, 2.05) is 13.0 Å². The van der Waals surface area contributed by atoms with E-state index < -0.39 is 0 Å². The highest BCUT2D eigenvalue weighted by molar-refractivity contribution is 5.93. The van der Waals surface area contributed by atoms with Crippen LogP contribution in [0.2, 0.25) is 0 Å². The quantitative estimate of drug-likeness (QED) is 0.654. The summed E-state index contributed by atoms with van der Waals surface area (Å²) in [6.07, 6.45) is 6.63. The number of methoxy groups -OCH3 is 1. The molecule has 0 saturated heterocycles. The van der Waals surface area contributed by atoms with Crippen molar-refractivity contribution in [3.63, 3.8) is 0 Å². The van der Waals surface area contributed by atoms with Crippen molar-refractivity contribution in [3.05, 3.63) is 23.3 Å². The van der Waals surface area contributed by atoms with E-state index >= 15 is 0 Å². The molecule has 4 nitrogen and oxygen atoms in total. The highest BCUT2D eigenvalue weighted by Gasteiger charge is 2.15. The van der Waals surface area contributed by atoms with Gasteiger partial charge in [0.2, 0.25) is 0 Å². The van der Waals surface area contributed by atoms with Gasteiger partial charge in [0.15, 0.2) is 0 Å². The van der Waals surface area contributed by atoms with E-state index in [0.717, 1.165) is 23.7 Å². The van der Waals surface area contributed by atoms with Gasteiger partial charge in [-0.25, -0.2) is 4.79 Å². The minimum Gasteiger partial charge on any atom is -0.465 e. The summed E-state index contributed by atoms with van der Waals surface area (Å²) in [4.78, 5) is 11.6. The van der Waals surface area contributed by atoms with Crippen LogP contribution in [0.1, 0.15) is 48.0 Å². The second kappa shape index (κ2) is 6.64. The molecular weight excluding hydrogens is 252 g/mol. The number of aryl methyl sites for hydroxylation is 1. The molecule has 0 atom stereocenters. The third-order valence-corrected chi connectivity index (χ3v) is 4.11. The number of hydrogen-bond donors (Lipinski definition) is 2. The number of ether oxygens (including phenoxy) is 1. The first kappa shape index (κ1) is 14.7. The number of nitrogen functional groups attached to an aromatic ring is 1. The number of esters is 1. The molecular formula is C16H24N2O2. The summed E-state index contributed by atoms with van der Waals surface area (Å²) >= 11 is 0. The van der Waals surface area contributed by atoms with Crippen LogP contribution in [0, 0.1) is 12.8 Å². The summed E-state index contributed by atoms with van der Waals surface area (Å²) in [6, 6.07) is 3.63. The molecule has 0 amide bonds. The van der Waals surface area contributed by atoms with Crippen molar-refractivity contribution >= 4 is 17.3 Å². The summed E-state index contributed by atoms with van der Waals surface area (Å²) in [5, 5.41) is 3.43. The van der Waals surface area contributed by atoms with Gasteiger partial charge in [-0.2, -0.15) is 0 Å². The van der Waals surface area contributed by atoms with Gasteiger partial charge in [0.1, 0.15) is 0 Å². The first-order chi connectivity index (χ1) is 9.61. The Morgan fingerprint density at radius 3 is 2.70 bits per heavy atom. The van der Waals surface area contributed by atoms with Crippen molar-refractivity contribution in [2.75, 3.05) is 24.7 Å². The van der Waals surface area contributed by atoms with E-state index in [4.69, 9.17) is 10.5 Å². The molecule has 0 radical (unpaired) electrons. The number of benzene rings is 1. The topological polar surface area (TPSA) is 64.3 Å². The largest absolute Gasteiger partial charge is 0.465 e.